The molecule has 1 atom stereocenters. The number of nitrogens with one attached hydrogen (secondary N) is 1. The number of carbonyl (C=O) groups is 1. The van der Waals surface area contributed by atoms with Crippen LogP contribution in [0.4, 0.5) is 0 Å². The maximum atomic E-state index is 12.2. The van der Waals surface area contributed by atoms with Crippen LogP contribution in [0, 0.1) is 19.8 Å². The van der Waals surface area contributed by atoms with Gasteiger partial charge in [-0.15, -0.1) is 0 Å². The van der Waals surface area contributed by atoms with Crippen molar-refractivity contribution in [3.63, 3.8) is 0 Å². The van der Waals surface area contributed by atoms with Crippen LogP contribution >= 0.6 is 0 Å². The highest BCUT2D eigenvalue weighted by Crippen LogP contribution is 2.16. The van der Waals surface area contributed by atoms with Crippen molar-refractivity contribution in [1.82, 2.24) is 5.32 Å². The third-order valence-corrected chi connectivity index (χ3v) is 3.12. The number of amides is 1. The first kappa shape index (κ1) is 15.7. The van der Waals surface area contributed by atoms with Gasteiger partial charge in [0.25, 0.3) is 0 Å². The van der Waals surface area contributed by atoms with Gasteiger partial charge >= 0.3 is 0 Å². The van der Waals surface area contributed by atoms with Gasteiger partial charge in [-0.1, -0.05) is 23.8 Å². The van der Waals surface area contributed by atoms with E-state index in [0.717, 1.165) is 0 Å². The predicted octanol–water partition coefficient (Wildman–Crippen LogP) is 2.34. The van der Waals surface area contributed by atoms with E-state index in [2.05, 4.69) is 37.4 Å². The molecule has 1 aromatic rings. The van der Waals surface area contributed by atoms with Crippen LogP contribution in [-0.2, 0) is 11.2 Å². The lowest BCUT2D eigenvalue weighted by Crippen LogP contribution is -2.46. The van der Waals surface area contributed by atoms with E-state index in [1.54, 1.807) is 0 Å². The minimum atomic E-state index is -0.215. The lowest BCUT2D eigenvalue weighted by Gasteiger charge is -2.24. The van der Waals surface area contributed by atoms with Gasteiger partial charge in [-0.2, -0.15) is 0 Å². The summed E-state index contributed by atoms with van der Waals surface area (Å²) in [4.78, 5) is 12.2. The molecular weight excluding hydrogens is 236 g/mol. The van der Waals surface area contributed by atoms with Crippen LogP contribution in [0.25, 0.3) is 0 Å². The van der Waals surface area contributed by atoms with Gasteiger partial charge < -0.3 is 11.1 Å². The van der Waals surface area contributed by atoms with Crippen molar-refractivity contribution < 1.29 is 4.79 Å². The minimum absolute atomic E-state index is 0.0370. The van der Waals surface area contributed by atoms with Crippen molar-refractivity contribution >= 4 is 5.91 Å². The standard InChI is InChI=1S/C16H26N2O/c1-11-6-7-13(12(2)8-11)9-14(10-17)15(19)18-16(3,4)5/h6-8,14H,9-10,17H2,1-5H3,(H,18,19). The fraction of sp³-hybridized carbons (Fsp3) is 0.562. The van der Waals surface area contributed by atoms with Crippen LogP contribution in [0.2, 0.25) is 0 Å². The molecular formula is C16H26N2O. The lowest BCUT2D eigenvalue weighted by molar-refractivity contribution is -0.126. The summed E-state index contributed by atoms with van der Waals surface area (Å²) in [6, 6.07) is 6.32. The van der Waals surface area contributed by atoms with E-state index in [1.807, 2.05) is 20.8 Å². The highest BCUT2D eigenvalue weighted by Gasteiger charge is 2.22. The van der Waals surface area contributed by atoms with E-state index < -0.39 is 0 Å². The molecule has 0 spiro atoms. The van der Waals surface area contributed by atoms with Crippen LogP contribution in [0.15, 0.2) is 18.2 Å². The first-order valence-corrected chi connectivity index (χ1v) is 6.81. The Labute approximate surface area is 116 Å². The minimum Gasteiger partial charge on any atom is -0.351 e. The number of hydrogen-bond acceptors (Lipinski definition) is 2. The Hall–Kier alpha value is -1.35. The van der Waals surface area contributed by atoms with E-state index in [1.165, 1.54) is 16.7 Å². The molecule has 0 heterocycles. The fourth-order valence-corrected chi connectivity index (χ4v) is 2.10. The van der Waals surface area contributed by atoms with Crippen LogP contribution in [0.3, 0.4) is 0 Å². The van der Waals surface area contributed by atoms with Crippen LogP contribution in [0.5, 0.6) is 0 Å². The average molecular weight is 262 g/mol. The molecule has 0 aliphatic carbocycles. The second kappa shape index (κ2) is 6.20. The Kier molecular flexibility index (Phi) is 5.12. The summed E-state index contributed by atoms with van der Waals surface area (Å²) in [7, 11) is 0. The van der Waals surface area contributed by atoms with Gasteiger partial charge in [0.05, 0.1) is 5.92 Å². The molecule has 3 N–H and O–H groups in total. The molecule has 19 heavy (non-hydrogen) atoms. The Morgan fingerprint density at radius 1 is 1.32 bits per heavy atom. The van der Waals surface area contributed by atoms with E-state index in [0.29, 0.717) is 13.0 Å². The van der Waals surface area contributed by atoms with Gasteiger partial charge in [0, 0.05) is 12.1 Å². The molecule has 106 valence electrons. The normalized spacial score (nSPS) is 13.2. The summed E-state index contributed by atoms with van der Waals surface area (Å²) in [6.45, 7) is 10.5. The summed E-state index contributed by atoms with van der Waals surface area (Å²) in [5.41, 5.74) is 9.21. The number of carbonyl (C=O) groups excluding carboxylic acids is 1. The third-order valence-electron chi connectivity index (χ3n) is 3.12. The molecule has 1 rings (SSSR count). The summed E-state index contributed by atoms with van der Waals surface area (Å²) >= 11 is 0. The Balaban J connectivity index is 2.79. The second-order valence-corrected chi connectivity index (χ2v) is 6.31. The maximum Gasteiger partial charge on any atom is 0.225 e. The zero-order valence-corrected chi connectivity index (χ0v) is 12.7. The Morgan fingerprint density at radius 2 is 1.95 bits per heavy atom. The van der Waals surface area contributed by atoms with Crippen LogP contribution in [-0.4, -0.2) is 18.0 Å². The smallest absolute Gasteiger partial charge is 0.225 e. The summed E-state index contributed by atoms with van der Waals surface area (Å²) in [5, 5.41) is 3.00. The molecule has 0 radical (unpaired) electrons. The fourth-order valence-electron chi connectivity index (χ4n) is 2.10. The monoisotopic (exact) mass is 262 g/mol. The van der Waals surface area contributed by atoms with E-state index in [9.17, 15) is 4.79 Å². The van der Waals surface area contributed by atoms with Crippen molar-refractivity contribution in [2.24, 2.45) is 11.7 Å². The number of benzene rings is 1. The first-order valence-electron chi connectivity index (χ1n) is 6.81. The average Bonchev–Trinajstić information content (AvgIpc) is 2.25. The third kappa shape index (κ3) is 5.03. The highest BCUT2D eigenvalue weighted by atomic mass is 16.2. The van der Waals surface area contributed by atoms with Gasteiger partial charge in [0.15, 0.2) is 0 Å². The summed E-state index contributed by atoms with van der Waals surface area (Å²) in [6.07, 6.45) is 0.699. The molecule has 1 unspecified atom stereocenters. The van der Waals surface area contributed by atoms with Gasteiger partial charge in [-0.3, -0.25) is 4.79 Å². The topological polar surface area (TPSA) is 55.1 Å². The van der Waals surface area contributed by atoms with Crippen molar-refractivity contribution in [1.29, 1.82) is 0 Å². The van der Waals surface area contributed by atoms with E-state index >= 15 is 0 Å². The number of nitrogens with two attached hydrogens (primary N) is 1. The molecule has 3 heteroatoms. The van der Waals surface area contributed by atoms with Gasteiger partial charge in [0.2, 0.25) is 5.91 Å². The largest absolute Gasteiger partial charge is 0.351 e. The second-order valence-electron chi connectivity index (χ2n) is 6.31. The quantitative estimate of drug-likeness (QED) is 0.875. The van der Waals surface area contributed by atoms with Crippen molar-refractivity contribution in [3.8, 4) is 0 Å². The number of rotatable bonds is 4. The summed E-state index contributed by atoms with van der Waals surface area (Å²) < 4.78 is 0. The van der Waals surface area contributed by atoms with E-state index in [-0.39, 0.29) is 17.4 Å². The summed E-state index contributed by atoms with van der Waals surface area (Å²) in [5.74, 6) is -0.129. The Bertz CT molecular complexity index is 447. The van der Waals surface area contributed by atoms with Crippen molar-refractivity contribution in [2.45, 2.75) is 46.6 Å². The van der Waals surface area contributed by atoms with Gasteiger partial charge in [-0.05, 0) is 52.2 Å². The molecule has 1 aromatic carbocycles. The van der Waals surface area contributed by atoms with Crippen molar-refractivity contribution in [3.05, 3.63) is 34.9 Å². The zero-order valence-electron chi connectivity index (χ0n) is 12.7. The molecule has 0 saturated carbocycles. The Morgan fingerprint density at radius 3 is 2.42 bits per heavy atom. The highest BCUT2D eigenvalue weighted by molar-refractivity contribution is 5.79. The molecule has 0 aliphatic heterocycles. The van der Waals surface area contributed by atoms with Crippen LogP contribution < -0.4 is 11.1 Å². The molecule has 0 bridgehead atoms. The number of hydrogen-bond donors (Lipinski definition) is 2. The zero-order chi connectivity index (χ0) is 14.6. The van der Waals surface area contributed by atoms with Gasteiger partial charge in [0.1, 0.15) is 0 Å². The molecule has 1 amide bonds. The molecule has 3 nitrogen and oxygen atoms in total. The lowest BCUT2D eigenvalue weighted by atomic mass is 9.93. The first-order chi connectivity index (χ1) is 8.73. The number of aryl methyl sites for hydroxylation is 2. The molecule has 0 aliphatic rings. The van der Waals surface area contributed by atoms with E-state index in [4.69, 9.17) is 5.73 Å². The predicted molar refractivity (Wildman–Crippen MR) is 80.1 cm³/mol. The maximum absolute atomic E-state index is 12.2. The van der Waals surface area contributed by atoms with Gasteiger partial charge in [-0.25, -0.2) is 0 Å². The molecule has 0 aromatic heterocycles. The molecule has 0 saturated heterocycles. The SMILES string of the molecule is Cc1ccc(CC(CN)C(=O)NC(C)(C)C)c(C)c1. The van der Waals surface area contributed by atoms with Crippen LogP contribution in [0.1, 0.15) is 37.5 Å². The molecule has 0 fully saturated rings. The van der Waals surface area contributed by atoms with Crippen molar-refractivity contribution in [2.75, 3.05) is 6.54 Å².